The van der Waals surface area contributed by atoms with Crippen LogP contribution in [0.2, 0.25) is 0 Å². The largest absolute Gasteiger partial charge is 0.494 e. The van der Waals surface area contributed by atoms with Crippen molar-refractivity contribution in [1.82, 2.24) is 0 Å². The topological polar surface area (TPSA) is 55.8 Å². The third kappa shape index (κ3) is 5.02. The molecule has 0 aromatic heterocycles. The lowest BCUT2D eigenvalue weighted by molar-refractivity contribution is 0.0692. The molecule has 0 heterocycles. The van der Waals surface area contributed by atoms with E-state index in [2.05, 4.69) is 19.9 Å². The van der Waals surface area contributed by atoms with E-state index in [-0.39, 0.29) is 5.56 Å². The average Bonchev–Trinajstić information content (AvgIpc) is 2.54. The Bertz CT molecular complexity index is 664. The highest BCUT2D eigenvalue weighted by molar-refractivity contribution is 5.90. The molecule has 0 amide bonds. The number of aryl methyl sites for hydroxylation is 2. The first-order chi connectivity index (χ1) is 11.1. The number of unbranched alkanes of at least 4 members (excludes halogenated alkanes) is 1. The highest BCUT2D eigenvalue weighted by Crippen LogP contribution is 2.19. The molecule has 0 bridgehead atoms. The summed E-state index contributed by atoms with van der Waals surface area (Å²) >= 11 is 0. The van der Waals surface area contributed by atoms with Crippen LogP contribution in [0.4, 0.5) is 0 Å². The van der Waals surface area contributed by atoms with Crippen molar-refractivity contribution < 1.29 is 19.4 Å². The fourth-order valence-corrected chi connectivity index (χ4v) is 2.15. The van der Waals surface area contributed by atoms with Crippen LogP contribution in [-0.4, -0.2) is 24.3 Å². The lowest BCUT2D eigenvalue weighted by Gasteiger charge is -2.10. The molecule has 1 N–H and O–H groups in total. The van der Waals surface area contributed by atoms with Crippen LogP contribution in [0.25, 0.3) is 0 Å². The summed E-state index contributed by atoms with van der Waals surface area (Å²) in [6.45, 7) is 5.23. The summed E-state index contributed by atoms with van der Waals surface area (Å²) in [7, 11) is 0. The summed E-state index contributed by atoms with van der Waals surface area (Å²) < 4.78 is 11.3. The predicted molar refractivity (Wildman–Crippen MR) is 89.5 cm³/mol. The minimum absolute atomic E-state index is 0.193. The van der Waals surface area contributed by atoms with Gasteiger partial charge in [0.1, 0.15) is 17.1 Å². The van der Waals surface area contributed by atoms with E-state index in [9.17, 15) is 4.79 Å². The summed E-state index contributed by atoms with van der Waals surface area (Å²) in [5.41, 5.74) is 2.66. The van der Waals surface area contributed by atoms with Crippen LogP contribution in [0.5, 0.6) is 11.5 Å². The highest BCUT2D eigenvalue weighted by Gasteiger charge is 2.09. The number of aromatic carboxylic acids is 1. The van der Waals surface area contributed by atoms with E-state index in [4.69, 9.17) is 14.6 Å². The molecule has 0 saturated carbocycles. The molecule has 0 aliphatic carbocycles. The normalized spacial score (nSPS) is 10.3. The molecular formula is C19H22O4. The molecule has 4 heteroatoms. The molecule has 2 rings (SSSR count). The van der Waals surface area contributed by atoms with Crippen molar-refractivity contribution in [2.24, 2.45) is 0 Å². The van der Waals surface area contributed by atoms with Crippen LogP contribution < -0.4 is 9.47 Å². The molecule has 0 atom stereocenters. The highest BCUT2D eigenvalue weighted by atomic mass is 16.5. The van der Waals surface area contributed by atoms with Crippen LogP contribution in [-0.2, 0) is 0 Å². The van der Waals surface area contributed by atoms with Crippen molar-refractivity contribution in [1.29, 1.82) is 0 Å². The molecule has 0 unspecified atom stereocenters. The number of rotatable bonds is 8. The van der Waals surface area contributed by atoms with Crippen molar-refractivity contribution in [2.45, 2.75) is 26.7 Å². The second kappa shape index (κ2) is 8.22. The van der Waals surface area contributed by atoms with Gasteiger partial charge in [0.15, 0.2) is 0 Å². The zero-order valence-corrected chi connectivity index (χ0v) is 13.5. The molecule has 0 fully saturated rings. The smallest absolute Gasteiger partial charge is 0.339 e. The third-order valence-corrected chi connectivity index (χ3v) is 3.66. The zero-order valence-electron chi connectivity index (χ0n) is 13.5. The monoisotopic (exact) mass is 314 g/mol. The molecule has 0 spiro atoms. The summed E-state index contributed by atoms with van der Waals surface area (Å²) in [5.74, 6) is 0.319. The predicted octanol–water partition coefficient (Wildman–Crippen LogP) is 4.24. The van der Waals surface area contributed by atoms with E-state index in [0.717, 1.165) is 18.6 Å². The molecule has 2 aromatic carbocycles. The lowest BCUT2D eigenvalue weighted by atomic mass is 10.1. The van der Waals surface area contributed by atoms with Gasteiger partial charge in [-0.1, -0.05) is 18.2 Å². The number of carbonyl (C=O) groups is 1. The van der Waals surface area contributed by atoms with Gasteiger partial charge in [0.2, 0.25) is 0 Å². The zero-order chi connectivity index (χ0) is 16.7. The van der Waals surface area contributed by atoms with E-state index >= 15 is 0 Å². The van der Waals surface area contributed by atoms with Gasteiger partial charge in [-0.05, 0) is 62.1 Å². The fourth-order valence-electron chi connectivity index (χ4n) is 2.15. The van der Waals surface area contributed by atoms with E-state index < -0.39 is 5.97 Å². The number of carboxylic acids is 1. The van der Waals surface area contributed by atoms with Crippen LogP contribution in [0.1, 0.15) is 34.3 Å². The van der Waals surface area contributed by atoms with Crippen LogP contribution in [0, 0.1) is 13.8 Å². The Morgan fingerprint density at radius 3 is 2.35 bits per heavy atom. The summed E-state index contributed by atoms with van der Waals surface area (Å²) in [4.78, 5) is 11.1. The molecule has 0 aliphatic rings. The summed E-state index contributed by atoms with van der Waals surface area (Å²) in [5, 5.41) is 9.07. The molecule has 0 saturated heterocycles. The molecule has 0 radical (unpaired) electrons. The summed E-state index contributed by atoms with van der Waals surface area (Å²) in [6.07, 6.45) is 1.65. The van der Waals surface area contributed by atoms with Gasteiger partial charge in [-0.25, -0.2) is 4.79 Å². The fraction of sp³-hybridized carbons (Fsp3) is 0.316. The standard InChI is InChI=1S/C19H22O4/c1-14-9-10-16(13-15(14)2)22-11-5-6-12-23-18-8-4-3-7-17(18)19(20)21/h3-4,7-10,13H,5-6,11-12H2,1-2H3,(H,20,21). The molecule has 4 nitrogen and oxygen atoms in total. The molecule has 0 aliphatic heterocycles. The Morgan fingerprint density at radius 2 is 1.65 bits per heavy atom. The van der Waals surface area contributed by atoms with E-state index in [1.54, 1.807) is 24.3 Å². The van der Waals surface area contributed by atoms with E-state index in [1.807, 2.05) is 12.1 Å². The summed E-state index contributed by atoms with van der Waals surface area (Å²) in [6, 6.07) is 12.7. The minimum Gasteiger partial charge on any atom is -0.494 e. The SMILES string of the molecule is Cc1ccc(OCCCCOc2ccccc2C(=O)O)cc1C. The van der Waals surface area contributed by atoms with Gasteiger partial charge in [0.25, 0.3) is 0 Å². The number of hydrogen-bond acceptors (Lipinski definition) is 3. The number of benzene rings is 2. The van der Waals surface area contributed by atoms with E-state index in [0.29, 0.717) is 19.0 Å². The van der Waals surface area contributed by atoms with Gasteiger partial charge in [-0.15, -0.1) is 0 Å². The minimum atomic E-state index is -0.973. The van der Waals surface area contributed by atoms with Crippen molar-refractivity contribution >= 4 is 5.97 Å². The third-order valence-electron chi connectivity index (χ3n) is 3.66. The van der Waals surface area contributed by atoms with Gasteiger partial charge in [-0.3, -0.25) is 0 Å². The molecule has 122 valence electrons. The Hall–Kier alpha value is -2.49. The number of para-hydroxylation sites is 1. The van der Waals surface area contributed by atoms with Gasteiger partial charge in [0, 0.05) is 0 Å². The maximum atomic E-state index is 11.1. The van der Waals surface area contributed by atoms with Crippen molar-refractivity contribution in [3.8, 4) is 11.5 Å². The molecular weight excluding hydrogens is 292 g/mol. The Morgan fingerprint density at radius 1 is 0.957 bits per heavy atom. The van der Waals surface area contributed by atoms with Crippen LogP contribution in [0.15, 0.2) is 42.5 Å². The van der Waals surface area contributed by atoms with Gasteiger partial charge < -0.3 is 14.6 Å². The Labute approximate surface area is 136 Å². The van der Waals surface area contributed by atoms with Crippen molar-refractivity contribution in [2.75, 3.05) is 13.2 Å². The van der Waals surface area contributed by atoms with Crippen LogP contribution >= 0.6 is 0 Å². The number of ether oxygens (including phenoxy) is 2. The Balaban J connectivity index is 1.70. The number of hydrogen-bond donors (Lipinski definition) is 1. The quantitative estimate of drug-likeness (QED) is 0.740. The Kier molecular flexibility index (Phi) is 6.03. The van der Waals surface area contributed by atoms with Gasteiger partial charge in [-0.2, -0.15) is 0 Å². The lowest BCUT2D eigenvalue weighted by Crippen LogP contribution is -2.06. The van der Waals surface area contributed by atoms with Crippen LogP contribution in [0.3, 0.4) is 0 Å². The second-order valence-electron chi connectivity index (χ2n) is 5.45. The first-order valence-electron chi connectivity index (χ1n) is 7.73. The van der Waals surface area contributed by atoms with Crippen molar-refractivity contribution in [3.05, 3.63) is 59.2 Å². The maximum absolute atomic E-state index is 11.1. The average molecular weight is 314 g/mol. The first-order valence-corrected chi connectivity index (χ1v) is 7.73. The second-order valence-corrected chi connectivity index (χ2v) is 5.45. The number of carboxylic acid groups (broad SMARTS) is 1. The van der Waals surface area contributed by atoms with Gasteiger partial charge in [0.05, 0.1) is 13.2 Å². The van der Waals surface area contributed by atoms with Gasteiger partial charge >= 0.3 is 5.97 Å². The van der Waals surface area contributed by atoms with Crippen molar-refractivity contribution in [3.63, 3.8) is 0 Å². The molecule has 2 aromatic rings. The molecule has 23 heavy (non-hydrogen) atoms. The van der Waals surface area contributed by atoms with E-state index in [1.165, 1.54) is 11.1 Å². The first kappa shape index (κ1) is 16.9. The maximum Gasteiger partial charge on any atom is 0.339 e.